The first kappa shape index (κ1) is 48.2. The van der Waals surface area contributed by atoms with Crippen LogP contribution in [0.4, 0.5) is 0 Å². The first-order valence-corrected chi connectivity index (χ1v) is 14.0. The second-order valence-electron chi connectivity index (χ2n) is 7.68. The summed E-state index contributed by atoms with van der Waals surface area (Å²) in [6.07, 6.45) is 0. The molecular weight excluding hydrogens is 710 g/mol. The maximum atomic E-state index is 11.5. The average molecular weight is 746 g/mol. The summed E-state index contributed by atoms with van der Waals surface area (Å²) in [4.78, 5) is 4.19. The van der Waals surface area contributed by atoms with E-state index in [1.807, 2.05) is 24.3 Å². The van der Waals surface area contributed by atoms with Crippen LogP contribution in [0.5, 0.6) is 11.5 Å². The van der Waals surface area contributed by atoms with Gasteiger partial charge in [-0.15, -0.1) is 32.0 Å². The molecule has 8 N–H and O–H groups in total. The van der Waals surface area contributed by atoms with Gasteiger partial charge in [-0.05, 0) is 11.1 Å². The summed E-state index contributed by atoms with van der Waals surface area (Å²) >= 11 is 0. The topological polar surface area (TPSA) is 341 Å². The minimum absolute atomic E-state index is 0. The van der Waals surface area contributed by atoms with E-state index in [0.717, 1.165) is 37.3 Å². The van der Waals surface area contributed by atoms with Gasteiger partial charge in [0.1, 0.15) is 0 Å². The second kappa shape index (κ2) is 27.8. The van der Waals surface area contributed by atoms with Crippen LogP contribution in [0.15, 0.2) is 48.5 Å². The molecule has 0 bridgehead atoms. The molecule has 2 aromatic carbocycles. The molecule has 0 unspecified atom stereocenters. The molecule has 20 heteroatoms. The van der Waals surface area contributed by atoms with E-state index >= 15 is 0 Å². The molecule has 0 heterocycles. The van der Waals surface area contributed by atoms with Gasteiger partial charge in [0.15, 0.2) is 0 Å². The van der Waals surface area contributed by atoms with Crippen LogP contribution in [0.1, 0.15) is 11.1 Å². The summed E-state index contributed by atoms with van der Waals surface area (Å²) in [5.41, 5.74) is 23.6. The molecule has 0 aliphatic rings. The first-order valence-electron chi connectivity index (χ1n) is 11.5. The van der Waals surface area contributed by atoms with Crippen molar-refractivity contribution < 1.29 is 107 Å². The fourth-order valence-electron chi connectivity index (χ4n) is 3.02. The summed E-state index contributed by atoms with van der Waals surface area (Å²) in [6, 6.07) is 14.1. The Morgan fingerprint density at radius 2 is 0.690 bits per heavy atom. The van der Waals surface area contributed by atoms with E-state index in [2.05, 4.69) is 9.80 Å². The number of hydrogen-bond acceptors (Lipinski definition) is 16. The molecule has 0 saturated heterocycles. The third-order valence-corrected chi connectivity index (χ3v) is 4.51. The minimum Gasteiger partial charge on any atom is -0.872 e. The summed E-state index contributed by atoms with van der Waals surface area (Å²) in [6.45, 7) is 6.68. The zero-order chi connectivity index (χ0) is 31.2. The van der Waals surface area contributed by atoms with E-state index in [-0.39, 0.29) is 50.5 Å². The van der Waals surface area contributed by atoms with Crippen molar-refractivity contribution in [2.24, 2.45) is 22.9 Å². The summed E-state index contributed by atoms with van der Waals surface area (Å²) in [7, 11) is -9.89. The Bertz CT molecular complexity index is 810. The Balaban J connectivity index is -0.000000252. The summed E-state index contributed by atoms with van der Waals surface area (Å²) in [5.74, 6) is 0.160. The van der Waals surface area contributed by atoms with Gasteiger partial charge >= 0.3 is 39.0 Å². The van der Waals surface area contributed by atoms with Crippen LogP contribution in [-0.2, 0) is 52.0 Å². The quantitative estimate of drug-likeness (QED) is 0.147. The van der Waals surface area contributed by atoms with Gasteiger partial charge in [-0.25, -0.2) is 37.3 Å². The van der Waals surface area contributed by atoms with Gasteiger partial charge in [0.25, 0.3) is 0 Å². The molecule has 0 aliphatic carbocycles. The molecule has 0 saturated carbocycles. The van der Waals surface area contributed by atoms with Crippen LogP contribution < -0.4 is 70.4 Å². The Labute approximate surface area is 275 Å². The Morgan fingerprint density at radius 3 is 0.881 bits per heavy atom. The molecule has 0 spiro atoms. The molecule has 16 nitrogen and oxygen atoms in total. The van der Waals surface area contributed by atoms with Gasteiger partial charge in [-0.1, -0.05) is 48.5 Å². The van der Waals surface area contributed by atoms with E-state index in [1.165, 1.54) is 0 Å². The smallest absolute Gasteiger partial charge is 0.872 e. The van der Waals surface area contributed by atoms with Gasteiger partial charge in [0, 0.05) is 65.4 Å². The third kappa shape index (κ3) is 33.8. The molecule has 2 rings (SSSR count). The van der Waals surface area contributed by atoms with Crippen molar-refractivity contribution in [1.82, 2.24) is 9.80 Å². The number of halogens is 2. The SMILES string of the molecule is NCCN(CCN)Cc1ccccc1[O-].NCCN(CCN)Cc1ccccc1[O-].[O-][Cl+3]([O-])([O-])[O-].[O-][Cl+3]([O-])([O-])[O-].[Zn+2].[Zn+2]. The normalized spacial score (nSPS) is 10.6. The number of para-hydroxylation sites is 2. The third-order valence-electron chi connectivity index (χ3n) is 4.51. The van der Waals surface area contributed by atoms with Gasteiger partial charge in [-0.3, -0.25) is 9.80 Å². The minimum atomic E-state index is -4.94. The molecule has 42 heavy (non-hydrogen) atoms. The van der Waals surface area contributed by atoms with Gasteiger partial charge in [-0.2, -0.15) is 0 Å². The summed E-state index contributed by atoms with van der Waals surface area (Å²) < 4.78 is 67.9. The van der Waals surface area contributed by atoms with Crippen LogP contribution in [0.2, 0.25) is 0 Å². The van der Waals surface area contributed by atoms with Gasteiger partial charge < -0.3 is 33.1 Å². The zero-order valence-electron chi connectivity index (χ0n) is 23.1. The second-order valence-corrected chi connectivity index (χ2v) is 9.19. The van der Waals surface area contributed by atoms with Crippen LogP contribution in [0.3, 0.4) is 0 Å². The molecule has 0 atom stereocenters. The van der Waals surface area contributed by atoms with E-state index in [0.29, 0.717) is 39.3 Å². The van der Waals surface area contributed by atoms with E-state index in [4.69, 9.17) is 60.2 Å². The van der Waals surface area contributed by atoms with Gasteiger partial charge in [0.2, 0.25) is 0 Å². The molecule has 0 radical (unpaired) electrons. The number of rotatable bonds is 12. The number of benzene rings is 2. The predicted octanol–water partition coefficient (Wildman–Crippen LogP) is -10.6. The number of nitrogens with two attached hydrogens (primary N) is 4. The Hall–Kier alpha value is -0.693. The first-order chi connectivity index (χ1) is 18.5. The zero-order valence-corrected chi connectivity index (χ0v) is 30.6. The molecular formula is C22H36Cl2N6O10Zn2. The molecule has 0 fully saturated rings. The Kier molecular flexibility index (Phi) is 31.9. The summed E-state index contributed by atoms with van der Waals surface area (Å²) in [5, 5.41) is 22.9. The molecule has 0 aliphatic heterocycles. The molecule has 0 amide bonds. The van der Waals surface area contributed by atoms with Crippen LogP contribution >= 0.6 is 0 Å². The fraction of sp³-hybridized carbons (Fsp3) is 0.455. The van der Waals surface area contributed by atoms with Crippen molar-refractivity contribution in [3.05, 3.63) is 59.7 Å². The number of hydrogen-bond donors (Lipinski definition) is 4. The van der Waals surface area contributed by atoms with Crippen LogP contribution in [0.25, 0.3) is 0 Å². The monoisotopic (exact) mass is 742 g/mol. The van der Waals surface area contributed by atoms with E-state index in [1.54, 1.807) is 24.3 Å². The van der Waals surface area contributed by atoms with Crippen molar-refractivity contribution in [1.29, 1.82) is 0 Å². The fourth-order valence-corrected chi connectivity index (χ4v) is 3.02. The van der Waals surface area contributed by atoms with Crippen LogP contribution in [-0.4, -0.2) is 62.2 Å². The number of nitrogens with zero attached hydrogens (tertiary/aromatic N) is 2. The van der Waals surface area contributed by atoms with E-state index < -0.39 is 20.5 Å². The van der Waals surface area contributed by atoms with Crippen molar-refractivity contribution in [3.63, 3.8) is 0 Å². The molecule has 0 aromatic heterocycles. The van der Waals surface area contributed by atoms with Crippen molar-refractivity contribution in [2.75, 3.05) is 52.4 Å². The van der Waals surface area contributed by atoms with Crippen molar-refractivity contribution >= 4 is 0 Å². The average Bonchev–Trinajstić information content (AvgIpc) is 2.81. The largest absolute Gasteiger partial charge is 2.00 e. The maximum Gasteiger partial charge on any atom is 2.00 e. The molecule has 2 aromatic rings. The van der Waals surface area contributed by atoms with Gasteiger partial charge in [0.05, 0.1) is 0 Å². The standard InChI is InChI=1S/2C11H19N3O.2ClHO4.2Zn/c2*12-5-7-14(8-6-13)9-10-3-1-2-4-11(10)15;2*2-1(3,4)5;;/h2*1-4,15H,5-9,12-13H2;2*(H,2,3,4,5);;/q;;;;2*+2/p-4. The Morgan fingerprint density at radius 1 is 0.476 bits per heavy atom. The maximum absolute atomic E-state index is 11.5. The van der Waals surface area contributed by atoms with Crippen molar-refractivity contribution in [2.45, 2.75) is 13.1 Å². The van der Waals surface area contributed by atoms with E-state index in [9.17, 15) is 10.2 Å². The molecule has 232 valence electrons. The van der Waals surface area contributed by atoms with Crippen molar-refractivity contribution in [3.8, 4) is 11.5 Å². The predicted molar refractivity (Wildman–Crippen MR) is 119 cm³/mol. The van der Waals surface area contributed by atoms with Crippen LogP contribution in [0, 0.1) is 20.5 Å².